The number of likely N-dealkylation sites (N-methyl/N-ethyl adjacent to an activating group) is 1. The Morgan fingerprint density at radius 2 is 1.78 bits per heavy atom. The van der Waals surface area contributed by atoms with Gasteiger partial charge in [-0.3, -0.25) is 9.78 Å². The number of nitrogens with zero attached hydrogens (tertiary/aromatic N) is 3. The Kier molecular flexibility index (Phi) is 6.20. The molecule has 8 heteroatoms. The monoisotopic (exact) mass is 388 g/mol. The van der Waals surface area contributed by atoms with Crippen LogP contribution in [0.4, 0.5) is 0 Å². The van der Waals surface area contributed by atoms with Gasteiger partial charge >= 0.3 is 0 Å². The molecule has 1 saturated heterocycles. The topological polar surface area (TPSA) is 82.6 Å². The van der Waals surface area contributed by atoms with E-state index >= 15 is 0 Å². The van der Waals surface area contributed by atoms with Gasteiger partial charge in [-0.15, -0.1) is 0 Å². The van der Waals surface area contributed by atoms with Gasteiger partial charge in [-0.05, 0) is 36.9 Å². The largest absolute Gasteiger partial charge is 0.346 e. The van der Waals surface area contributed by atoms with Gasteiger partial charge in [0.15, 0.2) is 0 Å². The van der Waals surface area contributed by atoms with Crippen LogP contribution in [0.2, 0.25) is 0 Å². The van der Waals surface area contributed by atoms with E-state index in [0.717, 1.165) is 18.8 Å². The van der Waals surface area contributed by atoms with Gasteiger partial charge in [0.2, 0.25) is 10.0 Å². The predicted molar refractivity (Wildman–Crippen MR) is 104 cm³/mol. The van der Waals surface area contributed by atoms with Crippen LogP contribution in [0.5, 0.6) is 0 Å². The van der Waals surface area contributed by atoms with Gasteiger partial charge < -0.3 is 10.2 Å². The van der Waals surface area contributed by atoms with E-state index < -0.39 is 10.0 Å². The summed E-state index contributed by atoms with van der Waals surface area (Å²) < 4.78 is 26.7. The van der Waals surface area contributed by atoms with Gasteiger partial charge in [0.1, 0.15) is 0 Å². The molecule has 1 N–H and O–H groups in total. The zero-order valence-corrected chi connectivity index (χ0v) is 16.2. The van der Waals surface area contributed by atoms with Crippen molar-refractivity contribution in [2.75, 3.05) is 33.2 Å². The summed E-state index contributed by atoms with van der Waals surface area (Å²) in [7, 11) is -1.35. The first kappa shape index (κ1) is 19.5. The molecule has 1 amide bonds. The molecular weight excluding hydrogens is 364 g/mol. The number of aromatic nitrogens is 1. The maximum absolute atomic E-state index is 12.6. The Morgan fingerprint density at radius 1 is 1.07 bits per heavy atom. The third-order valence-corrected chi connectivity index (χ3v) is 6.43. The first-order chi connectivity index (χ1) is 12.9. The molecule has 0 saturated carbocycles. The molecule has 0 unspecified atom stereocenters. The molecule has 1 aliphatic rings. The molecule has 2 aromatic rings. The average molecular weight is 388 g/mol. The van der Waals surface area contributed by atoms with Crippen molar-refractivity contribution >= 4 is 15.9 Å². The van der Waals surface area contributed by atoms with Crippen molar-refractivity contribution in [2.24, 2.45) is 0 Å². The molecule has 1 fully saturated rings. The van der Waals surface area contributed by atoms with Gasteiger partial charge in [0.05, 0.1) is 18.0 Å². The zero-order valence-electron chi connectivity index (χ0n) is 15.3. The number of rotatable bonds is 6. The second kappa shape index (κ2) is 8.60. The average Bonchev–Trinajstić information content (AvgIpc) is 2.67. The van der Waals surface area contributed by atoms with Gasteiger partial charge in [-0.25, -0.2) is 8.42 Å². The van der Waals surface area contributed by atoms with Gasteiger partial charge in [0, 0.05) is 37.9 Å². The van der Waals surface area contributed by atoms with Crippen molar-refractivity contribution in [3.63, 3.8) is 0 Å². The number of hydrogen-bond acceptors (Lipinski definition) is 5. The number of carbonyl (C=O) groups excluding carboxylic acids is 1. The molecule has 7 nitrogen and oxygen atoms in total. The molecule has 2 heterocycles. The number of amides is 1. The molecule has 0 radical (unpaired) electrons. The Labute approximate surface area is 160 Å². The van der Waals surface area contributed by atoms with E-state index in [0.29, 0.717) is 30.8 Å². The Morgan fingerprint density at radius 3 is 2.41 bits per heavy atom. The summed E-state index contributed by atoms with van der Waals surface area (Å²) in [6, 6.07) is 12.2. The normalized spacial score (nSPS) is 16.2. The molecule has 0 atom stereocenters. The quantitative estimate of drug-likeness (QED) is 0.801. The molecule has 0 aliphatic carbocycles. The molecule has 27 heavy (non-hydrogen) atoms. The van der Waals surface area contributed by atoms with Crippen LogP contribution < -0.4 is 5.32 Å². The number of hydrogen-bond donors (Lipinski definition) is 1. The van der Waals surface area contributed by atoms with Crippen LogP contribution in [-0.4, -0.2) is 61.7 Å². The van der Waals surface area contributed by atoms with Crippen molar-refractivity contribution in [2.45, 2.75) is 12.3 Å². The van der Waals surface area contributed by atoms with E-state index in [9.17, 15) is 13.2 Å². The number of sulfonamides is 1. The van der Waals surface area contributed by atoms with E-state index in [1.807, 2.05) is 25.2 Å². The number of piperazine rings is 1. The minimum Gasteiger partial charge on any atom is -0.346 e. The number of benzene rings is 1. The van der Waals surface area contributed by atoms with Gasteiger partial charge in [-0.2, -0.15) is 4.31 Å². The second-order valence-electron chi connectivity index (χ2n) is 6.66. The highest BCUT2D eigenvalue weighted by atomic mass is 32.2. The highest BCUT2D eigenvalue weighted by Crippen LogP contribution is 2.14. The molecule has 3 rings (SSSR count). The minimum absolute atomic E-state index is 0.0491. The van der Waals surface area contributed by atoms with Crippen LogP contribution in [0.1, 0.15) is 21.6 Å². The third kappa shape index (κ3) is 5.35. The SMILES string of the molecule is CN1CCN(S(=O)(=O)Cc2ccc(C(=O)NCc3ccccn3)cc2)CC1. The van der Waals surface area contributed by atoms with Crippen molar-refractivity contribution in [3.8, 4) is 0 Å². The summed E-state index contributed by atoms with van der Waals surface area (Å²) in [6.07, 6.45) is 1.68. The van der Waals surface area contributed by atoms with E-state index in [4.69, 9.17) is 0 Å². The summed E-state index contributed by atoms with van der Waals surface area (Å²) in [5.74, 6) is -0.263. The maximum Gasteiger partial charge on any atom is 0.251 e. The third-order valence-electron chi connectivity index (χ3n) is 4.58. The fourth-order valence-electron chi connectivity index (χ4n) is 2.90. The summed E-state index contributed by atoms with van der Waals surface area (Å²) >= 11 is 0. The lowest BCUT2D eigenvalue weighted by Crippen LogP contribution is -2.47. The Hall–Kier alpha value is -2.29. The van der Waals surface area contributed by atoms with E-state index in [2.05, 4.69) is 15.2 Å². The molecule has 1 aliphatic heterocycles. The van der Waals surface area contributed by atoms with E-state index in [1.165, 1.54) is 0 Å². The summed E-state index contributed by atoms with van der Waals surface area (Å²) in [6.45, 7) is 2.88. The first-order valence-electron chi connectivity index (χ1n) is 8.87. The van der Waals surface area contributed by atoms with Crippen LogP contribution in [0.3, 0.4) is 0 Å². The lowest BCUT2D eigenvalue weighted by molar-refractivity contribution is 0.0950. The zero-order chi connectivity index (χ0) is 19.3. The minimum atomic E-state index is -3.34. The summed E-state index contributed by atoms with van der Waals surface area (Å²) in [5, 5.41) is 2.81. The van der Waals surface area contributed by atoms with Crippen molar-refractivity contribution in [1.29, 1.82) is 0 Å². The molecule has 0 spiro atoms. The van der Waals surface area contributed by atoms with Crippen LogP contribution in [0.15, 0.2) is 48.7 Å². The molecule has 1 aromatic carbocycles. The van der Waals surface area contributed by atoms with Crippen LogP contribution in [-0.2, 0) is 22.3 Å². The van der Waals surface area contributed by atoms with E-state index in [-0.39, 0.29) is 11.7 Å². The molecule has 1 aromatic heterocycles. The van der Waals surface area contributed by atoms with Crippen molar-refractivity contribution in [1.82, 2.24) is 19.5 Å². The van der Waals surface area contributed by atoms with Crippen LogP contribution in [0.25, 0.3) is 0 Å². The fourth-order valence-corrected chi connectivity index (χ4v) is 4.41. The van der Waals surface area contributed by atoms with Crippen molar-refractivity contribution < 1.29 is 13.2 Å². The maximum atomic E-state index is 12.6. The standard InChI is InChI=1S/C19H24N4O3S/c1-22-10-12-23(13-11-22)27(25,26)15-16-5-7-17(8-6-16)19(24)21-14-18-4-2-3-9-20-18/h2-9H,10-15H2,1H3,(H,21,24). The lowest BCUT2D eigenvalue weighted by Gasteiger charge is -2.31. The smallest absolute Gasteiger partial charge is 0.251 e. The summed E-state index contributed by atoms with van der Waals surface area (Å²) in [4.78, 5) is 18.5. The Balaban J connectivity index is 1.57. The first-order valence-corrected chi connectivity index (χ1v) is 10.5. The van der Waals surface area contributed by atoms with Crippen LogP contribution >= 0.6 is 0 Å². The Bertz CT molecular complexity index is 862. The lowest BCUT2D eigenvalue weighted by atomic mass is 10.1. The fraction of sp³-hybridized carbons (Fsp3) is 0.368. The molecular formula is C19H24N4O3S. The predicted octanol–water partition coefficient (Wildman–Crippen LogP) is 1.09. The van der Waals surface area contributed by atoms with Gasteiger partial charge in [-0.1, -0.05) is 18.2 Å². The number of carbonyl (C=O) groups is 1. The second-order valence-corrected chi connectivity index (χ2v) is 8.63. The summed E-state index contributed by atoms with van der Waals surface area (Å²) in [5.41, 5.74) is 1.95. The van der Waals surface area contributed by atoms with Gasteiger partial charge in [0.25, 0.3) is 5.91 Å². The van der Waals surface area contributed by atoms with Crippen LogP contribution in [0, 0.1) is 0 Å². The molecule has 0 bridgehead atoms. The highest BCUT2D eigenvalue weighted by Gasteiger charge is 2.25. The number of nitrogens with one attached hydrogen (secondary N) is 1. The number of pyridine rings is 1. The highest BCUT2D eigenvalue weighted by molar-refractivity contribution is 7.88. The van der Waals surface area contributed by atoms with Crippen molar-refractivity contribution in [3.05, 3.63) is 65.5 Å². The van der Waals surface area contributed by atoms with E-state index in [1.54, 1.807) is 34.8 Å². The molecule has 144 valence electrons.